The second-order valence-corrected chi connectivity index (χ2v) is 13.6. The molecule has 1 fully saturated rings. The summed E-state index contributed by atoms with van der Waals surface area (Å²) in [5.74, 6) is 0.331. The minimum Gasteiger partial charge on any atom is -0.497 e. The van der Waals surface area contributed by atoms with Crippen molar-refractivity contribution in [1.82, 2.24) is 14.9 Å². The number of carbonyl (C=O) groups is 2. The van der Waals surface area contributed by atoms with E-state index in [1.165, 1.54) is 18.4 Å². The Hall–Kier alpha value is -3.95. The maximum atomic E-state index is 14.0. The van der Waals surface area contributed by atoms with Gasteiger partial charge in [0.05, 0.1) is 12.0 Å². The van der Waals surface area contributed by atoms with Gasteiger partial charge in [0.25, 0.3) is 0 Å². The van der Waals surface area contributed by atoms with E-state index in [0.29, 0.717) is 18.7 Å². The van der Waals surface area contributed by atoms with Crippen molar-refractivity contribution in [1.29, 1.82) is 0 Å². The minimum absolute atomic E-state index is 0.0306. The molecule has 45 heavy (non-hydrogen) atoms. The van der Waals surface area contributed by atoms with Gasteiger partial charge < -0.3 is 15.0 Å². The molecule has 0 bridgehead atoms. The third-order valence-electron chi connectivity index (χ3n) is 8.40. The van der Waals surface area contributed by atoms with Gasteiger partial charge in [0, 0.05) is 25.6 Å². The van der Waals surface area contributed by atoms with E-state index in [9.17, 15) is 18.0 Å². The molecule has 2 aliphatic carbocycles. The second kappa shape index (κ2) is 15.4. The van der Waals surface area contributed by atoms with Crippen LogP contribution in [0.3, 0.4) is 0 Å². The average Bonchev–Trinajstić information content (AvgIpc) is 3.88. The molecule has 2 N–H and O–H groups in total. The SMILES string of the molecule is COc1ccc(CN(C(=O)CCc2ccc(S(=O)(=O)NC3CC3)cc2)[C@H](C(=O)NCCC2=CCCCC2)c2ccccc2)cc1. The first-order valence-electron chi connectivity index (χ1n) is 15.9. The number of rotatable bonds is 15. The van der Waals surface area contributed by atoms with Gasteiger partial charge in [-0.2, -0.15) is 0 Å². The molecule has 0 unspecified atom stereocenters. The maximum absolute atomic E-state index is 14.0. The van der Waals surface area contributed by atoms with Crippen LogP contribution in [0, 0.1) is 0 Å². The zero-order valence-corrected chi connectivity index (χ0v) is 26.7. The van der Waals surface area contributed by atoms with Gasteiger partial charge in [0.1, 0.15) is 11.8 Å². The first kappa shape index (κ1) is 32.4. The first-order chi connectivity index (χ1) is 21.8. The number of amides is 2. The van der Waals surface area contributed by atoms with Crippen molar-refractivity contribution in [3.63, 3.8) is 0 Å². The van der Waals surface area contributed by atoms with Crippen LogP contribution in [0.4, 0.5) is 0 Å². The predicted octanol–water partition coefficient (Wildman–Crippen LogP) is 5.85. The number of hydrogen-bond donors (Lipinski definition) is 2. The summed E-state index contributed by atoms with van der Waals surface area (Å²) in [5.41, 5.74) is 3.85. The number of allylic oxidation sites excluding steroid dienone is 1. The Labute approximate surface area is 266 Å². The van der Waals surface area contributed by atoms with Gasteiger partial charge in [0.15, 0.2) is 0 Å². The molecule has 0 radical (unpaired) electrons. The van der Waals surface area contributed by atoms with Crippen molar-refractivity contribution in [2.24, 2.45) is 0 Å². The molecule has 1 saturated carbocycles. The lowest BCUT2D eigenvalue weighted by molar-refractivity contribution is -0.141. The van der Waals surface area contributed by atoms with E-state index in [4.69, 9.17) is 4.74 Å². The van der Waals surface area contributed by atoms with Gasteiger partial charge in [-0.3, -0.25) is 9.59 Å². The van der Waals surface area contributed by atoms with Crippen LogP contribution < -0.4 is 14.8 Å². The molecule has 9 heteroatoms. The lowest BCUT2D eigenvalue weighted by Crippen LogP contribution is -2.43. The van der Waals surface area contributed by atoms with Crippen LogP contribution >= 0.6 is 0 Å². The topological polar surface area (TPSA) is 105 Å². The Morgan fingerprint density at radius 1 is 0.911 bits per heavy atom. The summed E-state index contributed by atoms with van der Waals surface area (Å²) in [6, 6.07) is 22.8. The molecule has 3 aromatic rings. The van der Waals surface area contributed by atoms with Crippen LogP contribution in [0.15, 0.2) is 95.4 Å². The molecule has 0 heterocycles. The van der Waals surface area contributed by atoms with E-state index in [2.05, 4.69) is 16.1 Å². The van der Waals surface area contributed by atoms with Crippen LogP contribution in [0.25, 0.3) is 0 Å². The first-order valence-corrected chi connectivity index (χ1v) is 17.3. The summed E-state index contributed by atoms with van der Waals surface area (Å²) < 4.78 is 33.2. The van der Waals surface area contributed by atoms with Gasteiger partial charge in [0.2, 0.25) is 21.8 Å². The van der Waals surface area contributed by atoms with Crippen LogP contribution in [0.2, 0.25) is 0 Å². The summed E-state index contributed by atoms with van der Waals surface area (Å²) in [4.78, 5) is 29.8. The highest BCUT2D eigenvalue weighted by Crippen LogP contribution is 2.27. The van der Waals surface area contributed by atoms with Crippen LogP contribution in [-0.4, -0.2) is 44.8 Å². The molecule has 5 rings (SSSR count). The molecule has 3 aromatic carbocycles. The monoisotopic (exact) mass is 629 g/mol. The Balaban J connectivity index is 1.34. The summed E-state index contributed by atoms with van der Waals surface area (Å²) >= 11 is 0. The van der Waals surface area contributed by atoms with Crippen LogP contribution in [0.1, 0.15) is 74.1 Å². The number of ether oxygens (including phenoxy) is 1. The standard InChI is InChI=1S/C36H43N3O5S/c1-44-32-19-12-29(13-20-32)26-39(34(40)23-16-28-14-21-33(22-15-28)45(42,43)38-31-17-18-31)35(30-10-6-3-7-11-30)36(41)37-25-24-27-8-4-2-5-9-27/h3,6-8,10-15,19-22,31,35,38H,2,4-5,9,16-18,23-26H2,1H3,(H,37,41)/t35-/m0/s1. The van der Waals surface area contributed by atoms with Crippen molar-refractivity contribution in [3.8, 4) is 5.75 Å². The maximum Gasteiger partial charge on any atom is 0.247 e. The van der Waals surface area contributed by atoms with Gasteiger partial charge >= 0.3 is 0 Å². The molecule has 0 aliphatic heterocycles. The molecular weight excluding hydrogens is 586 g/mol. The molecule has 238 valence electrons. The van der Waals surface area contributed by atoms with Crippen molar-refractivity contribution < 1.29 is 22.7 Å². The third-order valence-corrected chi connectivity index (χ3v) is 9.93. The highest BCUT2D eigenvalue weighted by Gasteiger charge is 2.32. The fourth-order valence-corrected chi connectivity index (χ4v) is 6.96. The lowest BCUT2D eigenvalue weighted by atomic mass is 9.97. The molecule has 0 spiro atoms. The van der Waals surface area contributed by atoms with E-state index in [1.54, 1.807) is 36.3 Å². The van der Waals surface area contributed by atoms with Crippen LogP contribution in [-0.2, 0) is 32.6 Å². The van der Waals surface area contributed by atoms with E-state index in [1.807, 2.05) is 54.6 Å². The highest BCUT2D eigenvalue weighted by molar-refractivity contribution is 7.89. The van der Waals surface area contributed by atoms with E-state index >= 15 is 0 Å². The number of hydrogen-bond acceptors (Lipinski definition) is 5. The van der Waals surface area contributed by atoms with Gasteiger partial charge in [-0.1, -0.05) is 66.2 Å². The Morgan fingerprint density at radius 3 is 2.27 bits per heavy atom. The summed E-state index contributed by atoms with van der Waals surface area (Å²) in [7, 11) is -1.94. The second-order valence-electron chi connectivity index (χ2n) is 11.9. The molecule has 2 aliphatic rings. The Bertz CT molecular complexity index is 1570. The van der Waals surface area contributed by atoms with Gasteiger partial charge in [-0.15, -0.1) is 0 Å². The Morgan fingerprint density at radius 2 is 1.62 bits per heavy atom. The fraction of sp³-hybridized carbons (Fsp3) is 0.389. The molecule has 0 saturated heterocycles. The predicted molar refractivity (Wildman–Crippen MR) is 175 cm³/mol. The number of carbonyl (C=O) groups excluding carboxylic acids is 2. The third kappa shape index (κ3) is 9.28. The van der Waals surface area contributed by atoms with Crippen molar-refractivity contribution in [2.75, 3.05) is 13.7 Å². The van der Waals surface area contributed by atoms with E-state index in [0.717, 1.165) is 48.8 Å². The molecule has 1 atom stereocenters. The average molecular weight is 630 g/mol. The van der Waals surface area contributed by atoms with E-state index in [-0.39, 0.29) is 35.7 Å². The highest BCUT2D eigenvalue weighted by atomic mass is 32.2. The Kier molecular flexibility index (Phi) is 11.1. The zero-order valence-electron chi connectivity index (χ0n) is 25.9. The smallest absolute Gasteiger partial charge is 0.247 e. The van der Waals surface area contributed by atoms with Gasteiger partial charge in [-0.25, -0.2) is 13.1 Å². The number of aryl methyl sites for hydroxylation is 1. The largest absolute Gasteiger partial charge is 0.497 e. The summed E-state index contributed by atoms with van der Waals surface area (Å²) in [5, 5.41) is 3.12. The molecule has 0 aromatic heterocycles. The van der Waals surface area contributed by atoms with Crippen molar-refractivity contribution in [2.45, 2.75) is 81.3 Å². The van der Waals surface area contributed by atoms with Crippen molar-refractivity contribution in [3.05, 3.63) is 107 Å². The quantitative estimate of drug-likeness (QED) is 0.206. The van der Waals surface area contributed by atoms with Crippen molar-refractivity contribution >= 4 is 21.8 Å². The number of benzene rings is 3. The van der Waals surface area contributed by atoms with Gasteiger partial charge in [-0.05, 0) is 92.3 Å². The fourth-order valence-electron chi connectivity index (χ4n) is 5.65. The molecular formula is C36H43N3O5S. The summed E-state index contributed by atoms with van der Waals surface area (Å²) in [6.07, 6.45) is 9.97. The number of nitrogens with zero attached hydrogens (tertiary/aromatic N) is 1. The normalized spacial score (nSPS) is 15.5. The number of methoxy groups -OCH3 is 1. The number of nitrogens with one attached hydrogen (secondary N) is 2. The zero-order chi connectivity index (χ0) is 31.6. The van der Waals surface area contributed by atoms with E-state index < -0.39 is 16.1 Å². The molecule has 8 nitrogen and oxygen atoms in total. The minimum atomic E-state index is -3.55. The number of sulfonamides is 1. The van der Waals surface area contributed by atoms with Crippen LogP contribution in [0.5, 0.6) is 5.75 Å². The molecule has 2 amide bonds. The lowest BCUT2D eigenvalue weighted by Gasteiger charge is -2.32. The summed E-state index contributed by atoms with van der Waals surface area (Å²) in [6.45, 7) is 0.758.